The average Bonchev–Trinajstić information content (AvgIpc) is 2.29. The monoisotopic (exact) mass is 327 g/mol. The van der Waals surface area contributed by atoms with Gasteiger partial charge in [0.2, 0.25) is 0 Å². The van der Waals surface area contributed by atoms with E-state index in [2.05, 4.69) is 25.6 Å². The third-order valence-electron chi connectivity index (χ3n) is 2.15. The summed E-state index contributed by atoms with van der Waals surface area (Å²) >= 11 is 3.27. The summed E-state index contributed by atoms with van der Waals surface area (Å²) in [5, 5.41) is 0. The number of benzene rings is 1. The van der Waals surface area contributed by atoms with E-state index in [0.29, 0.717) is 5.69 Å². The van der Waals surface area contributed by atoms with Crippen molar-refractivity contribution in [3.8, 4) is 0 Å². The third-order valence-corrected chi connectivity index (χ3v) is 4.01. The second-order valence-corrected chi connectivity index (χ2v) is 6.13. The van der Waals surface area contributed by atoms with Gasteiger partial charge in [0.05, 0.1) is 0 Å². The molecule has 2 rings (SSSR count). The Kier molecular flexibility index (Phi) is 3.53. The molecule has 5 nitrogen and oxygen atoms in total. The highest BCUT2D eigenvalue weighted by atomic mass is 79.9. The molecule has 7 heteroatoms. The molecule has 1 heterocycles. The van der Waals surface area contributed by atoms with Crippen LogP contribution in [0.25, 0.3) is 0 Å². The SMILES string of the molecule is Nc1ccc(S(=O)(=O)Nc2cccc(Br)c2)cn1. The molecule has 94 valence electrons. The minimum atomic E-state index is -3.64. The fourth-order valence-corrected chi connectivity index (χ4v) is 2.71. The Bertz CT molecular complexity index is 656. The van der Waals surface area contributed by atoms with E-state index in [1.165, 1.54) is 18.3 Å². The highest BCUT2D eigenvalue weighted by molar-refractivity contribution is 9.10. The van der Waals surface area contributed by atoms with Gasteiger partial charge < -0.3 is 5.73 Å². The first-order chi connectivity index (χ1) is 8.47. The lowest BCUT2D eigenvalue weighted by Gasteiger charge is -2.08. The smallest absolute Gasteiger partial charge is 0.263 e. The van der Waals surface area contributed by atoms with Gasteiger partial charge in [-0.05, 0) is 30.3 Å². The van der Waals surface area contributed by atoms with E-state index in [1.807, 2.05) is 6.07 Å². The molecule has 0 spiro atoms. The number of hydrogen-bond donors (Lipinski definition) is 2. The lowest BCUT2D eigenvalue weighted by atomic mass is 10.3. The minimum Gasteiger partial charge on any atom is -0.384 e. The topological polar surface area (TPSA) is 85.1 Å². The van der Waals surface area contributed by atoms with E-state index in [4.69, 9.17) is 5.73 Å². The van der Waals surface area contributed by atoms with Crippen LogP contribution < -0.4 is 10.5 Å². The lowest BCUT2D eigenvalue weighted by molar-refractivity contribution is 0.601. The van der Waals surface area contributed by atoms with Gasteiger partial charge in [0.15, 0.2) is 0 Å². The molecule has 0 atom stereocenters. The molecule has 18 heavy (non-hydrogen) atoms. The number of anilines is 2. The molecule has 0 aliphatic heterocycles. The summed E-state index contributed by atoms with van der Waals surface area (Å²) in [6.07, 6.45) is 1.22. The number of aromatic nitrogens is 1. The highest BCUT2D eigenvalue weighted by Crippen LogP contribution is 2.19. The fraction of sp³-hybridized carbons (Fsp3) is 0. The molecule has 0 aliphatic rings. The molecule has 0 amide bonds. The third kappa shape index (κ3) is 2.99. The van der Waals surface area contributed by atoms with Crippen molar-refractivity contribution in [3.63, 3.8) is 0 Å². The maximum Gasteiger partial charge on any atom is 0.263 e. The largest absolute Gasteiger partial charge is 0.384 e. The molecule has 1 aromatic carbocycles. The van der Waals surface area contributed by atoms with E-state index in [-0.39, 0.29) is 10.7 Å². The molecule has 0 aliphatic carbocycles. The number of nitrogens with two attached hydrogens (primary N) is 1. The lowest BCUT2D eigenvalue weighted by Crippen LogP contribution is -2.13. The zero-order valence-corrected chi connectivity index (χ0v) is 11.6. The fourth-order valence-electron chi connectivity index (χ4n) is 1.32. The van der Waals surface area contributed by atoms with E-state index >= 15 is 0 Å². The van der Waals surface area contributed by atoms with Crippen LogP contribution in [0, 0.1) is 0 Å². The van der Waals surface area contributed by atoms with Gasteiger partial charge in [0, 0.05) is 16.4 Å². The van der Waals surface area contributed by atoms with Crippen molar-refractivity contribution >= 4 is 37.5 Å². The zero-order valence-electron chi connectivity index (χ0n) is 9.17. The highest BCUT2D eigenvalue weighted by Gasteiger charge is 2.14. The van der Waals surface area contributed by atoms with Gasteiger partial charge in [0.1, 0.15) is 10.7 Å². The predicted octanol–water partition coefficient (Wildman–Crippen LogP) is 2.23. The van der Waals surface area contributed by atoms with Crippen molar-refractivity contribution in [1.82, 2.24) is 4.98 Å². The van der Waals surface area contributed by atoms with Gasteiger partial charge in [-0.15, -0.1) is 0 Å². The molecule has 1 aromatic heterocycles. The summed E-state index contributed by atoms with van der Waals surface area (Å²) in [6.45, 7) is 0. The van der Waals surface area contributed by atoms with Gasteiger partial charge in [-0.3, -0.25) is 4.72 Å². The number of sulfonamides is 1. The molecule has 3 N–H and O–H groups in total. The van der Waals surface area contributed by atoms with Crippen molar-refractivity contribution in [2.45, 2.75) is 4.90 Å². The second-order valence-electron chi connectivity index (χ2n) is 3.53. The number of nitrogen functional groups attached to an aromatic ring is 1. The normalized spacial score (nSPS) is 11.2. The van der Waals surface area contributed by atoms with Crippen LogP contribution >= 0.6 is 15.9 Å². The van der Waals surface area contributed by atoms with Crippen molar-refractivity contribution in [1.29, 1.82) is 0 Å². The number of pyridine rings is 1. The number of nitrogens with zero attached hydrogens (tertiary/aromatic N) is 1. The maximum absolute atomic E-state index is 12.0. The van der Waals surface area contributed by atoms with Crippen molar-refractivity contribution in [2.75, 3.05) is 10.5 Å². The summed E-state index contributed by atoms with van der Waals surface area (Å²) < 4.78 is 27.3. The van der Waals surface area contributed by atoms with Crippen LogP contribution in [0.15, 0.2) is 52.0 Å². The Hall–Kier alpha value is -1.60. The molecule has 2 aromatic rings. The Morgan fingerprint density at radius 1 is 1.22 bits per heavy atom. The van der Waals surface area contributed by atoms with E-state index in [0.717, 1.165) is 4.47 Å². The first-order valence-electron chi connectivity index (χ1n) is 4.97. The first-order valence-corrected chi connectivity index (χ1v) is 7.25. The Morgan fingerprint density at radius 2 is 2.00 bits per heavy atom. The molecule has 0 unspecified atom stereocenters. The van der Waals surface area contributed by atoms with E-state index in [9.17, 15) is 8.42 Å². The summed E-state index contributed by atoms with van der Waals surface area (Å²) in [6, 6.07) is 9.72. The van der Waals surface area contributed by atoms with Crippen molar-refractivity contribution in [3.05, 3.63) is 47.1 Å². The number of rotatable bonds is 3. The van der Waals surface area contributed by atoms with Crippen LogP contribution in [-0.4, -0.2) is 13.4 Å². The van der Waals surface area contributed by atoms with Crippen molar-refractivity contribution in [2.24, 2.45) is 0 Å². The molecule has 0 radical (unpaired) electrons. The summed E-state index contributed by atoms with van der Waals surface area (Å²) in [5.74, 6) is 0.274. The molecule has 0 fully saturated rings. The van der Waals surface area contributed by atoms with Gasteiger partial charge in [-0.2, -0.15) is 0 Å². The summed E-state index contributed by atoms with van der Waals surface area (Å²) in [4.78, 5) is 3.82. The maximum atomic E-state index is 12.0. The molecular formula is C11H10BrN3O2S. The standard InChI is InChI=1S/C11H10BrN3O2S/c12-8-2-1-3-9(6-8)15-18(16,17)10-4-5-11(13)14-7-10/h1-7,15H,(H2,13,14). The van der Waals surface area contributed by atoms with Crippen LogP contribution in [0.4, 0.5) is 11.5 Å². The minimum absolute atomic E-state index is 0.0664. The molecule has 0 bridgehead atoms. The second kappa shape index (κ2) is 4.95. The van der Waals surface area contributed by atoms with Crippen LogP contribution in [0.1, 0.15) is 0 Å². The van der Waals surface area contributed by atoms with E-state index in [1.54, 1.807) is 18.2 Å². The molecule has 0 saturated heterocycles. The Labute approximate surface area is 113 Å². The molecule has 0 saturated carbocycles. The van der Waals surface area contributed by atoms with Crippen molar-refractivity contribution < 1.29 is 8.42 Å². The summed E-state index contributed by atoms with van der Waals surface area (Å²) in [5.41, 5.74) is 5.88. The number of hydrogen-bond acceptors (Lipinski definition) is 4. The average molecular weight is 328 g/mol. The summed E-state index contributed by atoms with van der Waals surface area (Å²) in [7, 11) is -3.64. The van der Waals surface area contributed by atoms with Crippen LogP contribution in [0.3, 0.4) is 0 Å². The van der Waals surface area contributed by atoms with Crippen LogP contribution in [0.5, 0.6) is 0 Å². The number of halogens is 1. The van der Waals surface area contributed by atoms with Crippen LogP contribution in [-0.2, 0) is 10.0 Å². The predicted molar refractivity (Wildman–Crippen MR) is 73.6 cm³/mol. The Balaban J connectivity index is 2.30. The van der Waals surface area contributed by atoms with E-state index < -0.39 is 10.0 Å². The van der Waals surface area contributed by atoms with Gasteiger partial charge in [-0.25, -0.2) is 13.4 Å². The van der Waals surface area contributed by atoms with Crippen LogP contribution in [0.2, 0.25) is 0 Å². The Morgan fingerprint density at radius 3 is 2.61 bits per heavy atom. The van der Waals surface area contributed by atoms with Gasteiger partial charge in [0.25, 0.3) is 10.0 Å². The number of nitrogens with one attached hydrogen (secondary N) is 1. The first kappa shape index (κ1) is 12.8. The molecular weight excluding hydrogens is 318 g/mol. The van der Waals surface area contributed by atoms with Gasteiger partial charge >= 0.3 is 0 Å². The quantitative estimate of drug-likeness (QED) is 0.905. The van der Waals surface area contributed by atoms with Gasteiger partial charge in [-0.1, -0.05) is 22.0 Å². The zero-order chi connectivity index (χ0) is 13.2.